The maximum Gasteiger partial charge on any atom is 0.223 e. The number of terminal acetylenes is 1. The molecule has 1 rings (SSSR count). The number of hydrogen-bond acceptors (Lipinski definition) is 3. The van der Waals surface area contributed by atoms with Crippen LogP contribution in [0.25, 0.3) is 0 Å². The van der Waals surface area contributed by atoms with Gasteiger partial charge in [-0.3, -0.25) is 9.69 Å². The van der Waals surface area contributed by atoms with E-state index < -0.39 is 6.10 Å². The number of nitrogens with one attached hydrogen (secondary N) is 1. The molecule has 1 saturated heterocycles. The van der Waals surface area contributed by atoms with Crippen LogP contribution >= 0.6 is 0 Å². The Kier molecular flexibility index (Phi) is 6.17. The summed E-state index contributed by atoms with van der Waals surface area (Å²) in [5.74, 6) is 2.93. The van der Waals surface area contributed by atoms with Gasteiger partial charge in [-0.25, -0.2) is 0 Å². The Bertz CT molecular complexity index is 301. The Morgan fingerprint density at radius 2 is 2.11 bits per heavy atom. The molecular weight excluding hydrogens is 228 g/mol. The van der Waals surface area contributed by atoms with E-state index in [2.05, 4.69) is 16.1 Å². The molecule has 18 heavy (non-hydrogen) atoms. The number of carbonyl (C=O) groups excluding carboxylic acids is 1. The molecule has 0 spiro atoms. The number of rotatable bonds is 5. The summed E-state index contributed by atoms with van der Waals surface area (Å²) in [5, 5.41) is 12.5. The third-order valence-corrected chi connectivity index (χ3v) is 3.53. The zero-order valence-electron chi connectivity index (χ0n) is 11.4. The van der Waals surface area contributed by atoms with Crippen LogP contribution in [0.1, 0.15) is 26.7 Å². The summed E-state index contributed by atoms with van der Waals surface area (Å²) >= 11 is 0. The van der Waals surface area contributed by atoms with Crippen molar-refractivity contribution >= 4 is 5.91 Å². The minimum absolute atomic E-state index is 0.0649. The van der Waals surface area contributed by atoms with Crippen molar-refractivity contribution in [3.63, 3.8) is 0 Å². The van der Waals surface area contributed by atoms with Crippen LogP contribution in [0.4, 0.5) is 0 Å². The predicted molar refractivity (Wildman–Crippen MR) is 71.9 cm³/mol. The highest BCUT2D eigenvalue weighted by Crippen LogP contribution is 2.16. The van der Waals surface area contributed by atoms with Crippen LogP contribution in [0.5, 0.6) is 0 Å². The maximum atomic E-state index is 11.9. The third-order valence-electron chi connectivity index (χ3n) is 3.53. The Morgan fingerprint density at radius 1 is 1.50 bits per heavy atom. The van der Waals surface area contributed by atoms with Crippen molar-refractivity contribution in [1.29, 1.82) is 0 Å². The van der Waals surface area contributed by atoms with Gasteiger partial charge in [-0.1, -0.05) is 19.8 Å². The van der Waals surface area contributed by atoms with E-state index in [9.17, 15) is 9.90 Å². The van der Waals surface area contributed by atoms with E-state index in [1.54, 1.807) is 0 Å². The van der Waals surface area contributed by atoms with Gasteiger partial charge in [0.15, 0.2) is 0 Å². The zero-order chi connectivity index (χ0) is 13.5. The molecule has 1 aliphatic heterocycles. The summed E-state index contributed by atoms with van der Waals surface area (Å²) in [5.41, 5.74) is 0. The van der Waals surface area contributed by atoms with E-state index in [0.717, 1.165) is 25.9 Å². The van der Waals surface area contributed by atoms with Crippen LogP contribution < -0.4 is 5.32 Å². The largest absolute Gasteiger partial charge is 0.391 e. The van der Waals surface area contributed by atoms with Crippen LogP contribution in [0.15, 0.2) is 0 Å². The highest BCUT2D eigenvalue weighted by molar-refractivity contribution is 5.78. The number of hydrogen-bond donors (Lipinski definition) is 2. The van der Waals surface area contributed by atoms with Crippen molar-refractivity contribution < 1.29 is 9.90 Å². The van der Waals surface area contributed by atoms with Crippen LogP contribution in [-0.2, 0) is 4.79 Å². The van der Waals surface area contributed by atoms with Gasteiger partial charge in [0.05, 0.1) is 12.6 Å². The van der Waals surface area contributed by atoms with Gasteiger partial charge in [-0.05, 0) is 31.8 Å². The molecule has 4 heteroatoms. The standard InChI is InChI=1S/C14H24N2O2/c1-4-7-16-8-5-12(6-9-16)14(18)15-10-13(17)11(2)3/h1,11-13,17H,5-10H2,2-3H3,(H,15,18). The van der Waals surface area contributed by atoms with Gasteiger partial charge in [-0.2, -0.15) is 0 Å². The summed E-state index contributed by atoms with van der Waals surface area (Å²) in [6.07, 6.45) is 6.51. The lowest BCUT2D eigenvalue weighted by molar-refractivity contribution is -0.127. The summed E-state index contributed by atoms with van der Waals surface area (Å²) in [7, 11) is 0. The SMILES string of the molecule is C#CCN1CCC(C(=O)NCC(O)C(C)C)CC1. The minimum atomic E-state index is -0.463. The summed E-state index contributed by atoms with van der Waals surface area (Å²) in [6, 6.07) is 0. The topological polar surface area (TPSA) is 52.6 Å². The van der Waals surface area contributed by atoms with E-state index >= 15 is 0 Å². The fourth-order valence-electron chi connectivity index (χ4n) is 2.07. The lowest BCUT2D eigenvalue weighted by Crippen LogP contribution is -2.43. The summed E-state index contributed by atoms with van der Waals surface area (Å²) in [4.78, 5) is 14.1. The second-order valence-corrected chi connectivity index (χ2v) is 5.31. The summed E-state index contributed by atoms with van der Waals surface area (Å²) < 4.78 is 0. The number of amides is 1. The highest BCUT2D eigenvalue weighted by Gasteiger charge is 2.24. The second-order valence-electron chi connectivity index (χ2n) is 5.31. The molecule has 0 aromatic rings. The molecule has 0 aromatic carbocycles. The number of nitrogens with zero attached hydrogens (tertiary/aromatic N) is 1. The van der Waals surface area contributed by atoms with Gasteiger partial charge in [0.1, 0.15) is 0 Å². The average Bonchev–Trinajstić information content (AvgIpc) is 2.36. The molecule has 0 aliphatic carbocycles. The van der Waals surface area contributed by atoms with Gasteiger partial charge in [-0.15, -0.1) is 6.42 Å². The predicted octanol–water partition coefficient (Wildman–Crippen LogP) is 0.465. The molecule has 4 nitrogen and oxygen atoms in total. The third kappa shape index (κ3) is 4.67. The molecule has 1 amide bonds. The molecule has 102 valence electrons. The lowest BCUT2D eigenvalue weighted by Gasteiger charge is -2.30. The first kappa shape index (κ1) is 15.0. The Labute approximate surface area is 110 Å². The first-order valence-corrected chi connectivity index (χ1v) is 6.66. The number of piperidine rings is 1. The first-order chi connectivity index (χ1) is 8.54. The number of aliphatic hydroxyl groups is 1. The Morgan fingerprint density at radius 3 is 2.61 bits per heavy atom. The Balaban J connectivity index is 2.26. The normalized spacial score (nSPS) is 19.5. The van der Waals surface area contributed by atoms with Crippen LogP contribution in [0.2, 0.25) is 0 Å². The molecule has 0 saturated carbocycles. The van der Waals surface area contributed by atoms with Crippen LogP contribution in [0, 0.1) is 24.2 Å². The van der Waals surface area contributed by atoms with Gasteiger partial charge in [0, 0.05) is 12.5 Å². The first-order valence-electron chi connectivity index (χ1n) is 6.66. The Hall–Kier alpha value is -1.05. The van der Waals surface area contributed by atoms with Gasteiger partial charge < -0.3 is 10.4 Å². The summed E-state index contributed by atoms with van der Waals surface area (Å²) in [6.45, 7) is 6.66. The van der Waals surface area contributed by atoms with E-state index in [-0.39, 0.29) is 17.7 Å². The molecular formula is C14H24N2O2. The van der Waals surface area contributed by atoms with Crippen molar-refractivity contribution in [3.05, 3.63) is 0 Å². The van der Waals surface area contributed by atoms with Crippen molar-refractivity contribution in [3.8, 4) is 12.3 Å². The highest BCUT2D eigenvalue weighted by atomic mass is 16.3. The number of likely N-dealkylation sites (tertiary alicyclic amines) is 1. The molecule has 0 radical (unpaired) electrons. The molecule has 1 heterocycles. The molecule has 2 N–H and O–H groups in total. The molecule has 0 aromatic heterocycles. The lowest BCUT2D eigenvalue weighted by atomic mass is 9.95. The maximum absolute atomic E-state index is 11.9. The number of carbonyl (C=O) groups is 1. The van der Waals surface area contributed by atoms with E-state index in [0.29, 0.717) is 13.1 Å². The smallest absolute Gasteiger partial charge is 0.223 e. The fraction of sp³-hybridized carbons (Fsp3) is 0.786. The van der Waals surface area contributed by atoms with E-state index in [4.69, 9.17) is 6.42 Å². The monoisotopic (exact) mass is 252 g/mol. The van der Waals surface area contributed by atoms with Crippen molar-refractivity contribution in [1.82, 2.24) is 10.2 Å². The molecule has 1 unspecified atom stereocenters. The molecule has 1 fully saturated rings. The molecule has 1 aliphatic rings. The van der Waals surface area contributed by atoms with Gasteiger partial charge >= 0.3 is 0 Å². The van der Waals surface area contributed by atoms with Gasteiger partial charge in [0.25, 0.3) is 0 Å². The average molecular weight is 252 g/mol. The second kappa shape index (κ2) is 7.40. The van der Waals surface area contributed by atoms with Crippen molar-refractivity contribution in [2.45, 2.75) is 32.8 Å². The molecule has 0 bridgehead atoms. The van der Waals surface area contributed by atoms with Crippen LogP contribution in [-0.4, -0.2) is 48.2 Å². The van der Waals surface area contributed by atoms with E-state index in [1.807, 2.05) is 13.8 Å². The van der Waals surface area contributed by atoms with Gasteiger partial charge in [0.2, 0.25) is 5.91 Å². The fourth-order valence-corrected chi connectivity index (χ4v) is 2.07. The van der Waals surface area contributed by atoms with Crippen molar-refractivity contribution in [2.24, 2.45) is 11.8 Å². The minimum Gasteiger partial charge on any atom is -0.391 e. The van der Waals surface area contributed by atoms with Crippen molar-refractivity contribution in [2.75, 3.05) is 26.2 Å². The zero-order valence-corrected chi connectivity index (χ0v) is 11.4. The van der Waals surface area contributed by atoms with Crippen LogP contribution in [0.3, 0.4) is 0 Å². The quantitative estimate of drug-likeness (QED) is 0.699. The van der Waals surface area contributed by atoms with E-state index in [1.165, 1.54) is 0 Å². The molecule has 1 atom stereocenters. The number of aliphatic hydroxyl groups excluding tert-OH is 1.